The van der Waals surface area contributed by atoms with Crippen LogP contribution in [0.3, 0.4) is 0 Å². The maximum Gasteiger partial charge on any atom is 0.323 e. The average Bonchev–Trinajstić information content (AvgIpc) is 3.30. The lowest BCUT2D eigenvalue weighted by Gasteiger charge is -2.26. The number of sulfone groups is 1. The molecule has 3 aromatic carbocycles. The second-order valence-corrected chi connectivity index (χ2v) is 15.4. The van der Waals surface area contributed by atoms with Crippen molar-refractivity contribution < 1.29 is 21.6 Å². The van der Waals surface area contributed by atoms with E-state index in [4.69, 9.17) is 11.6 Å². The van der Waals surface area contributed by atoms with Crippen LogP contribution in [0.4, 0.5) is 15.6 Å². The van der Waals surface area contributed by atoms with Gasteiger partial charge in [0.1, 0.15) is 19.9 Å². The molecular formula is C29H31ClN4O5S3. The van der Waals surface area contributed by atoms with Crippen LogP contribution in [-0.2, 0) is 19.9 Å². The van der Waals surface area contributed by atoms with Crippen molar-refractivity contribution in [3.63, 3.8) is 0 Å². The Bertz CT molecular complexity index is 1670. The zero-order chi connectivity index (χ0) is 30.3. The Morgan fingerprint density at radius 1 is 0.881 bits per heavy atom. The first-order valence-corrected chi connectivity index (χ1v) is 18.1. The van der Waals surface area contributed by atoms with Crippen molar-refractivity contribution in [2.24, 2.45) is 0 Å². The van der Waals surface area contributed by atoms with Crippen LogP contribution >= 0.6 is 22.9 Å². The lowest BCUT2D eigenvalue weighted by molar-refractivity contribution is 0.213. The van der Waals surface area contributed by atoms with Gasteiger partial charge in [0.15, 0.2) is 5.13 Å². The summed E-state index contributed by atoms with van der Waals surface area (Å²) in [5.41, 5.74) is 3.66. The third-order valence-corrected chi connectivity index (χ3v) is 9.07. The Balaban J connectivity index is 1.52. The number of rotatable bonds is 12. The van der Waals surface area contributed by atoms with Crippen molar-refractivity contribution in [1.29, 1.82) is 0 Å². The Morgan fingerprint density at radius 3 is 1.98 bits per heavy atom. The van der Waals surface area contributed by atoms with E-state index in [0.717, 1.165) is 35.0 Å². The second-order valence-electron chi connectivity index (χ2n) is 9.80. The number of urea groups is 1. The monoisotopic (exact) mass is 646 g/mol. The highest BCUT2D eigenvalue weighted by atomic mass is 35.5. The molecule has 1 heterocycles. The number of anilines is 2. The molecule has 42 heavy (non-hydrogen) atoms. The minimum absolute atomic E-state index is 0.00185. The van der Waals surface area contributed by atoms with Crippen molar-refractivity contribution in [3.05, 3.63) is 100 Å². The zero-order valence-corrected chi connectivity index (χ0v) is 26.2. The smallest absolute Gasteiger partial charge is 0.323 e. The number of amides is 2. The maximum absolute atomic E-state index is 13.4. The van der Waals surface area contributed by atoms with Crippen molar-refractivity contribution in [2.45, 2.75) is 12.3 Å². The third-order valence-electron chi connectivity index (χ3n) is 6.37. The van der Waals surface area contributed by atoms with Gasteiger partial charge < -0.3 is 4.90 Å². The first kappa shape index (κ1) is 31.5. The van der Waals surface area contributed by atoms with E-state index in [1.54, 1.807) is 24.3 Å². The van der Waals surface area contributed by atoms with Crippen LogP contribution in [0, 0.1) is 0 Å². The van der Waals surface area contributed by atoms with Gasteiger partial charge in [-0.05, 0) is 29.7 Å². The highest BCUT2D eigenvalue weighted by Crippen LogP contribution is 2.36. The van der Waals surface area contributed by atoms with Gasteiger partial charge in [0, 0.05) is 36.5 Å². The Hall–Kier alpha value is -3.45. The first-order chi connectivity index (χ1) is 19.9. The van der Waals surface area contributed by atoms with Crippen LogP contribution in [0.15, 0.2) is 84.9 Å². The number of thiazole rings is 1. The van der Waals surface area contributed by atoms with Gasteiger partial charge in [0.25, 0.3) is 0 Å². The number of halogens is 1. The van der Waals surface area contributed by atoms with Gasteiger partial charge in [0.2, 0.25) is 10.0 Å². The number of benzene rings is 3. The van der Waals surface area contributed by atoms with Gasteiger partial charge in [-0.1, -0.05) is 95.7 Å². The molecule has 0 radical (unpaired) electrons. The minimum atomic E-state index is -3.42. The molecule has 0 aliphatic heterocycles. The summed E-state index contributed by atoms with van der Waals surface area (Å²) >= 11 is 7.53. The van der Waals surface area contributed by atoms with Crippen LogP contribution < -0.4 is 10.0 Å². The largest absolute Gasteiger partial charge is 0.323 e. The summed E-state index contributed by atoms with van der Waals surface area (Å²) in [7, 11) is -6.74. The standard InChI is InChI=1S/C29H31ClN4O5S3/c1-41(36,37)20-19-34(18-17-25(21-9-5-3-6-10-21)22-11-7-4-8-12-22)29(35)32-28-31-26(27(30)40-28)23-13-15-24(16-14-23)33-42(2,38)39/h3-16,25,33H,17-20H2,1-2H3,(H,31,32,35). The zero-order valence-electron chi connectivity index (χ0n) is 23.0. The van der Waals surface area contributed by atoms with E-state index in [-0.39, 0.29) is 23.3 Å². The fourth-order valence-electron chi connectivity index (χ4n) is 4.39. The van der Waals surface area contributed by atoms with Crippen LogP contribution in [0.1, 0.15) is 23.5 Å². The van der Waals surface area contributed by atoms with E-state index in [1.807, 2.05) is 60.7 Å². The molecule has 2 amide bonds. The van der Waals surface area contributed by atoms with Gasteiger partial charge in [-0.25, -0.2) is 26.6 Å². The predicted octanol–water partition coefficient (Wildman–Crippen LogP) is 5.94. The Kier molecular flexibility index (Phi) is 10.3. The average molecular weight is 647 g/mol. The summed E-state index contributed by atoms with van der Waals surface area (Å²) in [5, 5.41) is 3.03. The van der Waals surface area contributed by atoms with Crippen LogP contribution in [0.2, 0.25) is 4.34 Å². The summed E-state index contributed by atoms with van der Waals surface area (Å²) in [6.45, 7) is 0.318. The van der Waals surface area contributed by atoms with Crippen LogP contribution in [-0.4, -0.2) is 64.1 Å². The fraction of sp³-hybridized carbons (Fsp3) is 0.241. The van der Waals surface area contributed by atoms with Gasteiger partial charge in [-0.15, -0.1) is 0 Å². The summed E-state index contributed by atoms with van der Waals surface area (Å²) < 4.78 is 49.7. The molecule has 0 bridgehead atoms. The van der Waals surface area contributed by atoms with E-state index < -0.39 is 25.9 Å². The first-order valence-electron chi connectivity index (χ1n) is 13.0. The fourth-order valence-corrected chi connectivity index (χ4v) is 6.58. The summed E-state index contributed by atoms with van der Waals surface area (Å²) in [6, 6.07) is 26.0. The molecule has 1 aromatic heterocycles. The molecule has 0 aliphatic carbocycles. The molecular weight excluding hydrogens is 616 g/mol. The van der Waals surface area contributed by atoms with Crippen LogP contribution in [0.5, 0.6) is 0 Å². The topological polar surface area (TPSA) is 126 Å². The molecule has 0 atom stereocenters. The molecule has 0 saturated carbocycles. The van der Waals surface area contributed by atoms with Gasteiger partial charge in [0.05, 0.1) is 12.0 Å². The van der Waals surface area contributed by atoms with Crippen molar-refractivity contribution in [3.8, 4) is 11.3 Å². The molecule has 4 aromatic rings. The second kappa shape index (κ2) is 13.7. The highest BCUT2D eigenvalue weighted by molar-refractivity contribution is 7.92. The number of sulfonamides is 1. The molecule has 0 saturated heterocycles. The quantitative estimate of drug-likeness (QED) is 0.196. The maximum atomic E-state index is 13.4. The van der Waals surface area contributed by atoms with Gasteiger partial charge in [-0.2, -0.15) is 0 Å². The van der Waals surface area contributed by atoms with E-state index in [1.165, 1.54) is 4.90 Å². The van der Waals surface area contributed by atoms with E-state index >= 15 is 0 Å². The van der Waals surface area contributed by atoms with Crippen molar-refractivity contribution in [2.75, 3.05) is 41.4 Å². The highest BCUT2D eigenvalue weighted by Gasteiger charge is 2.22. The van der Waals surface area contributed by atoms with E-state index in [2.05, 4.69) is 15.0 Å². The lowest BCUT2D eigenvalue weighted by atomic mass is 9.88. The van der Waals surface area contributed by atoms with Crippen molar-refractivity contribution in [1.82, 2.24) is 9.88 Å². The van der Waals surface area contributed by atoms with Gasteiger partial charge in [-0.3, -0.25) is 10.0 Å². The Morgan fingerprint density at radius 2 is 1.45 bits per heavy atom. The summed E-state index contributed by atoms with van der Waals surface area (Å²) in [6.07, 6.45) is 2.78. The predicted molar refractivity (Wildman–Crippen MR) is 171 cm³/mol. The molecule has 0 aliphatic rings. The number of nitrogens with zero attached hydrogens (tertiary/aromatic N) is 2. The lowest BCUT2D eigenvalue weighted by Crippen LogP contribution is -2.39. The molecule has 13 heteroatoms. The van der Waals surface area contributed by atoms with E-state index in [9.17, 15) is 21.6 Å². The van der Waals surface area contributed by atoms with Crippen molar-refractivity contribution >= 4 is 59.6 Å². The number of carbonyl (C=O) groups excluding carboxylic acids is 1. The molecule has 222 valence electrons. The minimum Gasteiger partial charge on any atom is -0.323 e. The molecule has 0 unspecified atom stereocenters. The van der Waals surface area contributed by atoms with E-state index in [0.29, 0.717) is 34.2 Å². The number of nitrogens with one attached hydrogen (secondary N) is 2. The summed E-state index contributed by atoms with van der Waals surface area (Å²) in [4.78, 5) is 19.4. The molecule has 0 fully saturated rings. The number of hydrogen-bond donors (Lipinski definition) is 2. The number of hydrogen-bond acceptors (Lipinski definition) is 7. The molecule has 9 nitrogen and oxygen atoms in total. The number of aromatic nitrogens is 1. The van der Waals surface area contributed by atoms with Gasteiger partial charge >= 0.3 is 6.03 Å². The Labute approximate surface area is 255 Å². The molecule has 0 spiro atoms. The van der Waals surface area contributed by atoms with Crippen LogP contribution in [0.25, 0.3) is 11.3 Å². The normalized spacial score (nSPS) is 11.8. The molecule has 2 N–H and O–H groups in total. The summed E-state index contributed by atoms with van der Waals surface area (Å²) in [5.74, 6) is -0.179. The SMILES string of the molecule is CS(=O)(=O)CCN(CCC(c1ccccc1)c1ccccc1)C(=O)Nc1nc(-c2ccc(NS(C)(=O)=O)cc2)c(Cl)s1. The third kappa shape index (κ3) is 9.28. The number of carbonyl (C=O) groups is 1. The molecule has 4 rings (SSSR count).